The summed E-state index contributed by atoms with van der Waals surface area (Å²) in [6.07, 6.45) is 5.04. The molecule has 2 aromatic rings. The Hall–Kier alpha value is -0.631. The molecular formula is C11H14N2Se. The Balaban J connectivity index is 2.25. The molecule has 2 aromatic heterocycles. The molecule has 0 aromatic carbocycles. The number of pyridine rings is 1. The number of fused-ring (bicyclic) bond motifs is 1. The van der Waals surface area contributed by atoms with Crippen molar-refractivity contribution in [3.8, 4) is 0 Å². The van der Waals surface area contributed by atoms with Crippen molar-refractivity contribution in [3.05, 3.63) is 29.0 Å². The summed E-state index contributed by atoms with van der Waals surface area (Å²) in [7, 11) is 4.23. The maximum absolute atomic E-state index is 4.19. The van der Waals surface area contributed by atoms with Gasteiger partial charge in [0.1, 0.15) is 0 Å². The molecular weight excluding hydrogens is 239 g/mol. The molecule has 3 heteroatoms. The topological polar surface area (TPSA) is 16.1 Å². The van der Waals surface area contributed by atoms with Gasteiger partial charge in [0, 0.05) is 0 Å². The van der Waals surface area contributed by atoms with Crippen LogP contribution in [0.5, 0.6) is 0 Å². The number of hydrogen-bond acceptors (Lipinski definition) is 2. The molecule has 0 saturated carbocycles. The Morgan fingerprint density at radius 1 is 1.43 bits per heavy atom. The Labute approximate surface area is 90.3 Å². The summed E-state index contributed by atoms with van der Waals surface area (Å²) in [5.41, 5.74) is 1.49. The first kappa shape index (κ1) is 9.91. The average Bonchev–Trinajstić information content (AvgIpc) is 2.58. The molecule has 0 aliphatic heterocycles. The van der Waals surface area contributed by atoms with Crippen molar-refractivity contribution in [1.82, 2.24) is 9.88 Å². The van der Waals surface area contributed by atoms with E-state index in [1.807, 2.05) is 12.4 Å². The van der Waals surface area contributed by atoms with Gasteiger partial charge in [-0.1, -0.05) is 0 Å². The minimum atomic E-state index is 0.542. The summed E-state index contributed by atoms with van der Waals surface area (Å²) in [4.78, 5) is 8.81. The fourth-order valence-electron chi connectivity index (χ4n) is 1.46. The predicted molar refractivity (Wildman–Crippen MR) is 60.9 cm³/mol. The molecule has 0 unspecified atom stereocenters. The number of aromatic nitrogens is 1. The van der Waals surface area contributed by atoms with Gasteiger partial charge < -0.3 is 0 Å². The summed E-state index contributed by atoms with van der Waals surface area (Å²) in [5.74, 6) is 0. The van der Waals surface area contributed by atoms with E-state index in [9.17, 15) is 0 Å². The summed E-state index contributed by atoms with van der Waals surface area (Å²) in [5, 5.41) is 1.38. The first-order chi connectivity index (χ1) is 6.77. The van der Waals surface area contributed by atoms with Crippen molar-refractivity contribution in [1.29, 1.82) is 0 Å². The van der Waals surface area contributed by atoms with Crippen molar-refractivity contribution in [2.75, 3.05) is 20.6 Å². The van der Waals surface area contributed by atoms with Gasteiger partial charge in [-0.25, -0.2) is 0 Å². The van der Waals surface area contributed by atoms with E-state index >= 15 is 0 Å². The van der Waals surface area contributed by atoms with Crippen LogP contribution in [0.15, 0.2) is 23.4 Å². The Kier molecular flexibility index (Phi) is 3.02. The zero-order valence-corrected chi connectivity index (χ0v) is 10.2. The predicted octanol–water partition coefficient (Wildman–Crippen LogP) is 1.40. The van der Waals surface area contributed by atoms with E-state index in [4.69, 9.17) is 0 Å². The molecule has 2 rings (SSSR count). The van der Waals surface area contributed by atoms with Crippen LogP contribution in [-0.2, 0) is 6.42 Å². The molecule has 0 aliphatic rings. The zero-order valence-electron chi connectivity index (χ0n) is 8.53. The van der Waals surface area contributed by atoms with Crippen LogP contribution in [0.1, 0.15) is 5.56 Å². The third kappa shape index (κ3) is 2.06. The molecule has 0 amide bonds. The molecule has 2 heterocycles. The van der Waals surface area contributed by atoms with Gasteiger partial charge in [0.15, 0.2) is 0 Å². The number of rotatable bonds is 3. The van der Waals surface area contributed by atoms with E-state index in [0.717, 1.165) is 13.0 Å². The van der Waals surface area contributed by atoms with Gasteiger partial charge in [-0.05, 0) is 0 Å². The molecule has 14 heavy (non-hydrogen) atoms. The van der Waals surface area contributed by atoms with Crippen LogP contribution in [-0.4, -0.2) is 45.0 Å². The Bertz CT molecular complexity index is 420. The fraction of sp³-hybridized carbons (Fsp3) is 0.364. The van der Waals surface area contributed by atoms with Crippen LogP contribution < -0.4 is 0 Å². The molecule has 0 spiro atoms. The summed E-state index contributed by atoms with van der Waals surface area (Å²) in [6, 6.07) is 2.15. The van der Waals surface area contributed by atoms with Crippen LogP contribution >= 0.6 is 0 Å². The van der Waals surface area contributed by atoms with Gasteiger partial charge in [-0.15, -0.1) is 0 Å². The first-order valence-corrected chi connectivity index (χ1v) is 6.57. The van der Waals surface area contributed by atoms with Gasteiger partial charge in [0.2, 0.25) is 0 Å². The number of hydrogen-bond donors (Lipinski definition) is 0. The average molecular weight is 253 g/mol. The second-order valence-corrected chi connectivity index (χ2v) is 5.60. The molecule has 0 radical (unpaired) electrons. The standard InChI is InChI=1S/C11H14N2Se/c1-13(2)6-4-9-8-14-11-3-5-12-7-10(9)11/h3,5,7-8H,4,6H2,1-2H3. The van der Waals surface area contributed by atoms with Crippen LogP contribution in [0.2, 0.25) is 0 Å². The van der Waals surface area contributed by atoms with E-state index in [0.29, 0.717) is 14.5 Å². The summed E-state index contributed by atoms with van der Waals surface area (Å²) >= 11 is 0.542. The van der Waals surface area contributed by atoms with Crippen molar-refractivity contribution >= 4 is 24.1 Å². The van der Waals surface area contributed by atoms with Crippen molar-refractivity contribution in [2.45, 2.75) is 6.42 Å². The molecule has 0 fully saturated rings. The number of likely N-dealkylation sites (N-methyl/N-ethyl adjacent to an activating group) is 1. The Morgan fingerprint density at radius 3 is 3.07 bits per heavy atom. The Morgan fingerprint density at radius 2 is 2.29 bits per heavy atom. The van der Waals surface area contributed by atoms with Crippen LogP contribution in [0.4, 0.5) is 0 Å². The fourth-order valence-corrected chi connectivity index (χ4v) is 3.48. The second-order valence-electron chi connectivity index (χ2n) is 3.69. The summed E-state index contributed by atoms with van der Waals surface area (Å²) in [6.45, 7) is 1.12. The van der Waals surface area contributed by atoms with Crippen LogP contribution in [0.3, 0.4) is 0 Å². The molecule has 74 valence electrons. The zero-order chi connectivity index (χ0) is 9.97. The molecule has 0 saturated heterocycles. The SMILES string of the molecule is CN(C)CCc1c[se]c2ccncc12. The third-order valence-corrected chi connectivity index (χ3v) is 4.41. The van der Waals surface area contributed by atoms with E-state index in [1.54, 1.807) is 0 Å². The van der Waals surface area contributed by atoms with E-state index in [2.05, 4.69) is 35.0 Å². The molecule has 0 bridgehead atoms. The van der Waals surface area contributed by atoms with Crippen LogP contribution in [0, 0.1) is 0 Å². The van der Waals surface area contributed by atoms with E-state index in [-0.39, 0.29) is 0 Å². The van der Waals surface area contributed by atoms with Crippen molar-refractivity contribution in [2.24, 2.45) is 0 Å². The van der Waals surface area contributed by atoms with Gasteiger partial charge in [0.25, 0.3) is 0 Å². The third-order valence-electron chi connectivity index (χ3n) is 2.28. The normalized spacial score (nSPS) is 11.4. The maximum atomic E-state index is 4.19. The number of nitrogens with zero attached hydrogens (tertiary/aromatic N) is 2. The van der Waals surface area contributed by atoms with Crippen molar-refractivity contribution < 1.29 is 0 Å². The summed E-state index contributed by atoms with van der Waals surface area (Å²) < 4.78 is 1.49. The van der Waals surface area contributed by atoms with Gasteiger partial charge in [-0.3, -0.25) is 0 Å². The van der Waals surface area contributed by atoms with Crippen molar-refractivity contribution in [3.63, 3.8) is 0 Å². The monoisotopic (exact) mass is 254 g/mol. The minimum absolute atomic E-state index is 0.542. The second kappa shape index (κ2) is 4.26. The van der Waals surface area contributed by atoms with E-state index < -0.39 is 0 Å². The van der Waals surface area contributed by atoms with E-state index in [1.165, 1.54) is 15.2 Å². The molecule has 0 N–H and O–H groups in total. The van der Waals surface area contributed by atoms with Crippen LogP contribution in [0.25, 0.3) is 9.65 Å². The quantitative estimate of drug-likeness (QED) is 0.769. The first-order valence-electron chi connectivity index (χ1n) is 4.72. The van der Waals surface area contributed by atoms with Gasteiger partial charge >= 0.3 is 90.1 Å². The van der Waals surface area contributed by atoms with Gasteiger partial charge in [-0.2, -0.15) is 0 Å². The molecule has 0 aliphatic carbocycles. The molecule has 0 atom stereocenters. The molecule has 2 nitrogen and oxygen atoms in total. The van der Waals surface area contributed by atoms with Gasteiger partial charge in [0.05, 0.1) is 0 Å².